The fourth-order valence-electron chi connectivity index (χ4n) is 3.18. The summed E-state index contributed by atoms with van der Waals surface area (Å²) in [6.45, 7) is 1.90. The Morgan fingerprint density at radius 2 is 1.84 bits per heavy atom. The summed E-state index contributed by atoms with van der Waals surface area (Å²) in [5, 5.41) is 19.1. The fraction of sp³-hybridized carbons (Fsp3) is 0.150. The third kappa shape index (κ3) is 4.15. The van der Waals surface area contributed by atoms with Crippen LogP contribution in [0.3, 0.4) is 0 Å². The van der Waals surface area contributed by atoms with Crippen molar-refractivity contribution in [2.75, 3.05) is 0 Å². The monoisotopic (exact) mass is 428 g/mol. The van der Waals surface area contributed by atoms with Crippen molar-refractivity contribution in [1.29, 1.82) is 0 Å². The van der Waals surface area contributed by atoms with Crippen molar-refractivity contribution in [3.05, 3.63) is 88.1 Å². The molecule has 0 radical (unpaired) electrons. The number of aryl methyl sites for hydroxylation is 1. The molecule has 2 aromatic heterocycles. The molecule has 158 valence electrons. The van der Waals surface area contributed by atoms with Gasteiger partial charge in [0.2, 0.25) is 0 Å². The third-order valence-corrected chi connectivity index (χ3v) is 4.58. The van der Waals surface area contributed by atoms with Crippen LogP contribution in [0.15, 0.2) is 61.1 Å². The highest BCUT2D eigenvalue weighted by molar-refractivity contribution is 5.68. The Labute approximate surface area is 173 Å². The number of aromatic nitrogens is 5. The zero-order chi connectivity index (χ0) is 22.2. The van der Waals surface area contributed by atoms with Gasteiger partial charge in [0.25, 0.3) is 11.5 Å². The quantitative estimate of drug-likeness (QED) is 0.347. The van der Waals surface area contributed by atoms with Gasteiger partial charge in [0.1, 0.15) is 17.7 Å². The normalized spacial score (nSPS) is 11.6. The number of rotatable bonds is 5. The van der Waals surface area contributed by atoms with Crippen LogP contribution >= 0.6 is 0 Å². The summed E-state index contributed by atoms with van der Waals surface area (Å²) in [6, 6.07) is 13.7. The highest BCUT2D eigenvalue weighted by atomic mass is 19.4. The van der Waals surface area contributed by atoms with Crippen LogP contribution < -0.4 is 0 Å². The minimum Gasteiger partial charge on any atom is -0.265 e. The number of hydrogen-bond acceptors (Lipinski definition) is 5. The highest BCUT2D eigenvalue weighted by Gasteiger charge is 2.36. The Morgan fingerprint density at radius 1 is 1.10 bits per heavy atom. The van der Waals surface area contributed by atoms with Crippen molar-refractivity contribution in [2.45, 2.75) is 19.6 Å². The average molecular weight is 428 g/mol. The maximum absolute atomic E-state index is 13.0. The van der Waals surface area contributed by atoms with Gasteiger partial charge >= 0.3 is 6.18 Å². The van der Waals surface area contributed by atoms with E-state index < -0.39 is 16.9 Å². The molecule has 0 fully saturated rings. The van der Waals surface area contributed by atoms with Crippen molar-refractivity contribution < 1.29 is 18.1 Å². The number of benzene rings is 2. The smallest absolute Gasteiger partial charge is 0.265 e. The Bertz CT molecular complexity index is 1250. The second-order valence-electron chi connectivity index (χ2n) is 6.82. The zero-order valence-corrected chi connectivity index (χ0v) is 16.1. The predicted octanol–water partition coefficient (Wildman–Crippen LogP) is 4.41. The van der Waals surface area contributed by atoms with Crippen LogP contribution in [0.4, 0.5) is 18.9 Å². The van der Waals surface area contributed by atoms with Crippen LogP contribution in [-0.4, -0.2) is 29.5 Å². The Morgan fingerprint density at radius 3 is 2.45 bits per heavy atom. The summed E-state index contributed by atoms with van der Waals surface area (Å²) in [4.78, 5) is 13.9. The summed E-state index contributed by atoms with van der Waals surface area (Å²) in [5.74, 6) is -1.25. The van der Waals surface area contributed by atoms with Crippen LogP contribution in [0.2, 0.25) is 0 Å². The summed E-state index contributed by atoms with van der Waals surface area (Å²) in [6.07, 6.45) is -2.11. The third-order valence-electron chi connectivity index (χ3n) is 4.58. The van der Waals surface area contributed by atoms with Crippen molar-refractivity contribution in [2.24, 2.45) is 0 Å². The first-order chi connectivity index (χ1) is 14.7. The lowest BCUT2D eigenvalue weighted by Crippen LogP contribution is -2.08. The minimum absolute atomic E-state index is 0.0113. The summed E-state index contributed by atoms with van der Waals surface area (Å²) in [7, 11) is 0. The topological polar surface area (TPSA) is 91.7 Å². The summed E-state index contributed by atoms with van der Waals surface area (Å²) in [5.41, 5.74) is 2.72. The number of halogens is 3. The first kappa shape index (κ1) is 20.3. The molecule has 0 bridgehead atoms. The second kappa shape index (κ2) is 7.67. The molecular formula is C20H15F3N6O2. The molecule has 2 aromatic carbocycles. The van der Waals surface area contributed by atoms with E-state index in [1.807, 2.05) is 6.07 Å². The van der Waals surface area contributed by atoms with Crippen LogP contribution in [0.25, 0.3) is 16.9 Å². The Kier molecular flexibility index (Phi) is 5.01. The van der Waals surface area contributed by atoms with Gasteiger partial charge < -0.3 is 0 Å². The van der Waals surface area contributed by atoms with E-state index in [-0.39, 0.29) is 12.2 Å². The van der Waals surface area contributed by atoms with Gasteiger partial charge in [0.15, 0.2) is 0 Å². The van der Waals surface area contributed by atoms with E-state index in [4.69, 9.17) is 0 Å². The lowest BCUT2D eigenvalue weighted by atomic mass is 10.1. The molecule has 0 spiro atoms. The Balaban J connectivity index is 1.74. The van der Waals surface area contributed by atoms with Crippen LogP contribution in [-0.2, 0) is 12.7 Å². The molecule has 2 heterocycles. The summed E-state index contributed by atoms with van der Waals surface area (Å²) < 4.78 is 41.4. The van der Waals surface area contributed by atoms with Crippen molar-refractivity contribution >= 4 is 5.69 Å². The molecule has 11 heteroatoms. The van der Waals surface area contributed by atoms with Crippen molar-refractivity contribution in [1.82, 2.24) is 24.5 Å². The Hall–Kier alpha value is -4.02. The molecule has 4 rings (SSSR count). The molecule has 4 aromatic rings. The lowest BCUT2D eigenvalue weighted by Gasteiger charge is -2.04. The van der Waals surface area contributed by atoms with Gasteiger partial charge in [0.05, 0.1) is 17.7 Å². The van der Waals surface area contributed by atoms with E-state index in [1.165, 1.54) is 6.07 Å². The lowest BCUT2D eigenvalue weighted by molar-refractivity contribution is -0.385. The number of hydrogen-bond donors (Lipinski definition) is 0. The van der Waals surface area contributed by atoms with Gasteiger partial charge in [0, 0.05) is 17.2 Å². The SMILES string of the molecule is Cc1cc(Cn2cc(-n3cnc(C(F)(F)F)n3)c(-c3ccccc3)n2)ccc1[N+](=O)[O-]. The first-order valence-corrected chi connectivity index (χ1v) is 9.08. The van der Waals surface area contributed by atoms with E-state index in [2.05, 4.69) is 15.2 Å². The van der Waals surface area contributed by atoms with Gasteiger partial charge in [-0.2, -0.15) is 18.3 Å². The molecule has 8 nitrogen and oxygen atoms in total. The molecule has 31 heavy (non-hydrogen) atoms. The maximum Gasteiger partial charge on any atom is 0.453 e. The molecule has 0 unspecified atom stereocenters. The van der Waals surface area contributed by atoms with Crippen molar-refractivity contribution in [3.8, 4) is 16.9 Å². The molecule has 0 aliphatic carbocycles. The molecule has 0 atom stereocenters. The number of nitrogens with zero attached hydrogens (tertiary/aromatic N) is 6. The molecule has 0 aliphatic heterocycles. The van der Waals surface area contributed by atoms with Gasteiger partial charge in [-0.25, -0.2) is 9.67 Å². The molecule has 0 saturated carbocycles. The zero-order valence-electron chi connectivity index (χ0n) is 16.1. The molecule has 0 amide bonds. The standard InChI is InChI=1S/C20H15F3N6O2/c1-13-9-14(7-8-16(13)29(30)31)10-27-11-17(18(25-27)15-5-3-2-4-6-15)28-12-24-19(26-28)20(21,22)23/h2-9,11-12H,10H2,1H3. The van der Waals surface area contributed by atoms with Crippen molar-refractivity contribution in [3.63, 3.8) is 0 Å². The van der Waals surface area contributed by atoms with E-state index in [9.17, 15) is 23.3 Å². The molecular weight excluding hydrogens is 413 g/mol. The highest BCUT2D eigenvalue weighted by Crippen LogP contribution is 2.29. The largest absolute Gasteiger partial charge is 0.453 e. The summed E-state index contributed by atoms with van der Waals surface area (Å²) >= 11 is 0. The molecule has 0 N–H and O–H groups in total. The van der Waals surface area contributed by atoms with Crippen LogP contribution in [0.1, 0.15) is 17.0 Å². The van der Waals surface area contributed by atoms with E-state index in [1.54, 1.807) is 54.2 Å². The molecule has 0 aliphatic rings. The van der Waals surface area contributed by atoms with Crippen LogP contribution in [0.5, 0.6) is 0 Å². The van der Waals surface area contributed by atoms with Gasteiger partial charge in [-0.1, -0.05) is 36.4 Å². The van der Waals surface area contributed by atoms with Crippen LogP contribution in [0, 0.1) is 17.0 Å². The van der Waals surface area contributed by atoms with Gasteiger partial charge in [-0.3, -0.25) is 14.8 Å². The number of nitro benzene ring substituents is 1. The second-order valence-corrected chi connectivity index (χ2v) is 6.82. The average Bonchev–Trinajstić information content (AvgIpc) is 3.35. The van der Waals surface area contributed by atoms with Gasteiger partial charge in [-0.05, 0) is 18.6 Å². The first-order valence-electron chi connectivity index (χ1n) is 9.08. The fourth-order valence-corrected chi connectivity index (χ4v) is 3.18. The molecule has 0 saturated heterocycles. The predicted molar refractivity (Wildman–Crippen MR) is 105 cm³/mol. The maximum atomic E-state index is 13.0. The van der Waals surface area contributed by atoms with E-state index in [0.717, 1.165) is 16.6 Å². The minimum atomic E-state index is -4.66. The van der Waals surface area contributed by atoms with E-state index >= 15 is 0 Å². The number of alkyl halides is 3. The van der Waals surface area contributed by atoms with Gasteiger partial charge in [-0.15, -0.1) is 5.10 Å². The number of nitro groups is 1. The van der Waals surface area contributed by atoms with E-state index in [0.29, 0.717) is 22.5 Å².